The van der Waals surface area contributed by atoms with Crippen LogP contribution in [0.15, 0.2) is 30.3 Å². The molecule has 0 unspecified atom stereocenters. The van der Waals surface area contributed by atoms with Crippen molar-refractivity contribution in [2.75, 3.05) is 0 Å². The van der Waals surface area contributed by atoms with Gasteiger partial charge in [0.1, 0.15) is 0 Å². The highest BCUT2D eigenvalue weighted by Crippen LogP contribution is 2.12. The van der Waals surface area contributed by atoms with Crippen LogP contribution in [-0.4, -0.2) is 21.1 Å². The summed E-state index contributed by atoms with van der Waals surface area (Å²) >= 11 is 0. The standard InChI is InChI=1S/C9H8N4O/c10-7(14)9-11-8(12-13-9)6-4-2-1-3-5-6/h1-5H,(H2,10,14)(H,11,12,13). The van der Waals surface area contributed by atoms with Gasteiger partial charge in [0.25, 0.3) is 5.91 Å². The minimum absolute atomic E-state index is 0.0730. The Hall–Kier alpha value is -2.17. The number of aromatic nitrogens is 3. The van der Waals surface area contributed by atoms with Gasteiger partial charge in [-0.25, -0.2) is 4.98 Å². The Morgan fingerprint density at radius 3 is 2.57 bits per heavy atom. The maximum Gasteiger partial charge on any atom is 0.286 e. The van der Waals surface area contributed by atoms with Gasteiger partial charge in [-0.15, -0.1) is 0 Å². The number of carbonyl (C=O) groups excluding carboxylic acids is 1. The SMILES string of the molecule is NC(=O)c1nc(-c2ccccc2)n[nH]1. The van der Waals surface area contributed by atoms with Crippen molar-refractivity contribution in [3.05, 3.63) is 36.2 Å². The Balaban J connectivity index is 2.39. The number of nitrogens with one attached hydrogen (secondary N) is 1. The molecule has 0 aliphatic rings. The fourth-order valence-electron chi connectivity index (χ4n) is 1.09. The first kappa shape index (κ1) is 8.43. The van der Waals surface area contributed by atoms with E-state index in [9.17, 15) is 4.79 Å². The number of nitrogens with zero attached hydrogens (tertiary/aromatic N) is 2. The number of nitrogens with two attached hydrogens (primary N) is 1. The molecule has 0 spiro atoms. The smallest absolute Gasteiger partial charge is 0.286 e. The first-order valence-corrected chi connectivity index (χ1v) is 4.05. The average molecular weight is 188 g/mol. The topological polar surface area (TPSA) is 84.7 Å². The molecular formula is C9H8N4O. The van der Waals surface area contributed by atoms with E-state index in [0.29, 0.717) is 5.82 Å². The number of benzene rings is 1. The molecule has 0 saturated heterocycles. The van der Waals surface area contributed by atoms with Crippen LogP contribution in [0, 0.1) is 0 Å². The lowest BCUT2D eigenvalue weighted by Gasteiger charge is -1.91. The van der Waals surface area contributed by atoms with Gasteiger partial charge in [0, 0.05) is 5.56 Å². The predicted octanol–water partition coefficient (Wildman–Crippen LogP) is 0.571. The summed E-state index contributed by atoms with van der Waals surface area (Å²) in [7, 11) is 0. The number of H-pyrrole nitrogens is 1. The van der Waals surface area contributed by atoms with Crippen molar-refractivity contribution in [2.45, 2.75) is 0 Å². The van der Waals surface area contributed by atoms with Crippen molar-refractivity contribution in [1.82, 2.24) is 15.2 Å². The Morgan fingerprint density at radius 1 is 1.29 bits per heavy atom. The summed E-state index contributed by atoms with van der Waals surface area (Å²) < 4.78 is 0. The van der Waals surface area contributed by atoms with Crippen molar-refractivity contribution < 1.29 is 4.79 Å². The Bertz CT molecular complexity index is 449. The molecule has 0 radical (unpaired) electrons. The minimum atomic E-state index is -0.611. The molecule has 5 nitrogen and oxygen atoms in total. The molecule has 0 saturated carbocycles. The predicted molar refractivity (Wildman–Crippen MR) is 50.3 cm³/mol. The fraction of sp³-hybridized carbons (Fsp3) is 0. The number of amides is 1. The molecule has 70 valence electrons. The third kappa shape index (κ3) is 1.47. The first-order chi connectivity index (χ1) is 6.77. The van der Waals surface area contributed by atoms with Gasteiger partial charge in [0.05, 0.1) is 0 Å². The normalized spacial score (nSPS) is 10.0. The molecule has 1 amide bonds. The van der Waals surface area contributed by atoms with Crippen LogP contribution in [0.5, 0.6) is 0 Å². The van der Waals surface area contributed by atoms with Crippen molar-refractivity contribution >= 4 is 5.91 Å². The largest absolute Gasteiger partial charge is 0.363 e. The summed E-state index contributed by atoms with van der Waals surface area (Å²) in [4.78, 5) is 14.7. The van der Waals surface area contributed by atoms with Crippen LogP contribution >= 0.6 is 0 Å². The second-order valence-electron chi connectivity index (χ2n) is 2.74. The highest BCUT2D eigenvalue weighted by Gasteiger charge is 2.08. The zero-order valence-corrected chi connectivity index (χ0v) is 7.27. The second kappa shape index (κ2) is 3.29. The Kier molecular flexibility index (Phi) is 1.98. The molecule has 0 aliphatic carbocycles. The number of rotatable bonds is 2. The Labute approximate surface area is 80.0 Å². The molecule has 5 heteroatoms. The summed E-state index contributed by atoms with van der Waals surface area (Å²) in [5, 5.41) is 6.34. The van der Waals surface area contributed by atoms with E-state index in [1.807, 2.05) is 30.3 Å². The second-order valence-corrected chi connectivity index (χ2v) is 2.74. The zero-order chi connectivity index (χ0) is 9.97. The van der Waals surface area contributed by atoms with Gasteiger partial charge in [0.2, 0.25) is 5.82 Å². The lowest BCUT2D eigenvalue weighted by molar-refractivity contribution is 0.0991. The summed E-state index contributed by atoms with van der Waals surface area (Å²) in [5.74, 6) is -0.0667. The minimum Gasteiger partial charge on any atom is -0.363 e. The van der Waals surface area contributed by atoms with E-state index >= 15 is 0 Å². The molecule has 3 N–H and O–H groups in total. The van der Waals surface area contributed by atoms with Crippen LogP contribution in [-0.2, 0) is 0 Å². The maximum absolute atomic E-state index is 10.7. The highest BCUT2D eigenvalue weighted by molar-refractivity contribution is 5.89. The first-order valence-electron chi connectivity index (χ1n) is 4.05. The summed E-state index contributed by atoms with van der Waals surface area (Å²) in [6, 6.07) is 9.35. The van der Waals surface area contributed by atoms with Gasteiger partial charge < -0.3 is 5.73 Å². The molecule has 14 heavy (non-hydrogen) atoms. The number of aromatic amines is 1. The van der Waals surface area contributed by atoms with Crippen LogP contribution in [0.1, 0.15) is 10.6 Å². The molecule has 0 fully saturated rings. The molecule has 2 aromatic rings. The lowest BCUT2D eigenvalue weighted by atomic mass is 10.2. The quantitative estimate of drug-likeness (QED) is 0.722. The van der Waals surface area contributed by atoms with Crippen molar-refractivity contribution in [3.63, 3.8) is 0 Å². The number of hydrogen-bond acceptors (Lipinski definition) is 3. The van der Waals surface area contributed by atoms with Crippen LogP contribution in [0.4, 0.5) is 0 Å². The van der Waals surface area contributed by atoms with E-state index in [0.717, 1.165) is 5.56 Å². The third-order valence-electron chi connectivity index (χ3n) is 1.75. The van der Waals surface area contributed by atoms with Crippen LogP contribution in [0.3, 0.4) is 0 Å². The van der Waals surface area contributed by atoms with Gasteiger partial charge in [-0.1, -0.05) is 30.3 Å². The van der Waals surface area contributed by atoms with E-state index in [1.165, 1.54) is 0 Å². The summed E-state index contributed by atoms with van der Waals surface area (Å²) in [6.45, 7) is 0. The van der Waals surface area contributed by atoms with Gasteiger partial charge >= 0.3 is 0 Å². The highest BCUT2D eigenvalue weighted by atomic mass is 16.1. The molecule has 2 rings (SSSR count). The molecule has 0 aliphatic heterocycles. The molecule has 1 heterocycles. The number of carbonyl (C=O) groups is 1. The monoisotopic (exact) mass is 188 g/mol. The third-order valence-corrected chi connectivity index (χ3v) is 1.75. The molecule has 0 bridgehead atoms. The average Bonchev–Trinajstić information content (AvgIpc) is 2.68. The van der Waals surface area contributed by atoms with Crippen LogP contribution in [0.25, 0.3) is 11.4 Å². The number of primary amides is 1. The van der Waals surface area contributed by atoms with Crippen molar-refractivity contribution in [3.8, 4) is 11.4 Å². The van der Waals surface area contributed by atoms with Crippen LogP contribution < -0.4 is 5.73 Å². The molecule has 0 atom stereocenters. The maximum atomic E-state index is 10.7. The van der Waals surface area contributed by atoms with Gasteiger partial charge in [-0.3, -0.25) is 9.89 Å². The van der Waals surface area contributed by atoms with E-state index in [1.54, 1.807) is 0 Å². The van der Waals surface area contributed by atoms with Crippen molar-refractivity contribution in [1.29, 1.82) is 0 Å². The van der Waals surface area contributed by atoms with E-state index < -0.39 is 5.91 Å². The Morgan fingerprint density at radius 2 is 2.00 bits per heavy atom. The van der Waals surface area contributed by atoms with Crippen molar-refractivity contribution in [2.24, 2.45) is 5.73 Å². The molecular weight excluding hydrogens is 180 g/mol. The van der Waals surface area contributed by atoms with Gasteiger partial charge in [-0.05, 0) is 0 Å². The molecule has 1 aromatic heterocycles. The zero-order valence-electron chi connectivity index (χ0n) is 7.27. The number of hydrogen-bond donors (Lipinski definition) is 2. The fourth-order valence-corrected chi connectivity index (χ4v) is 1.09. The molecule has 1 aromatic carbocycles. The van der Waals surface area contributed by atoms with Crippen LogP contribution in [0.2, 0.25) is 0 Å². The summed E-state index contributed by atoms with van der Waals surface area (Å²) in [6.07, 6.45) is 0. The van der Waals surface area contributed by atoms with E-state index in [4.69, 9.17) is 5.73 Å². The van der Waals surface area contributed by atoms with Gasteiger partial charge in [0.15, 0.2) is 5.82 Å². The lowest BCUT2D eigenvalue weighted by Crippen LogP contribution is -2.12. The summed E-state index contributed by atoms with van der Waals surface area (Å²) in [5.41, 5.74) is 5.88. The van der Waals surface area contributed by atoms with E-state index in [2.05, 4.69) is 15.2 Å². The van der Waals surface area contributed by atoms with E-state index in [-0.39, 0.29) is 5.82 Å². The van der Waals surface area contributed by atoms with Gasteiger partial charge in [-0.2, -0.15) is 5.10 Å².